The third-order valence-corrected chi connectivity index (χ3v) is 4.25. The Bertz CT molecular complexity index is 547. The first-order valence-electron chi connectivity index (χ1n) is 8.02. The summed E-state index contributed by atoms with van der Waals surface area (Å²) >= 11 is 0.532. The Kier molecular flexibility index (Phi) is 6.32. The summed E-state index contributed by atoms with van der Waals surface area (Å²) in [5, 5.41) is 3.36. The smallest absolute Gasteiger partial charge is 0.410 e. The molecule has 1 saturated heterocycles. The fourth-order valence-electron chi connectivity index (χ4n) is 2.56. The third-order valence-electron chi connectivity index (χ3n) is 3.52. The van der Waals surface area contributed by atoms with E-state index in [1.54, 1.807) is 29.2 Å². The van der Waals surface area contributed by atoms with E-state index < -0.39 is 11.4 Å². The lowest BCUT2D eigenvalue weighted by Gasteiger charge is -2.34. The predicted molar refractivity (Wildman–Crippen MR) is 92.8 cm³/mol. The molecule has 1 amide bonds. The first-order valence-corrected chi connectivity index (χ1v) is 8.90. The van der Waals surface area contributed by atoms with Crippen LogP contribution in [0.25, 0.3) is 0 Å². The standard InChI is InChI=1S/C17H24F2N2O2S/c1-17(2,3)23-16(22)21-10-4-5-13(11-21)20-12-6-8-14(9-7-12)24-15(18)19/h6-9,13,15,20H,4-5,10-11H2,1-3H3. The monoisotopic (exact) mass is 358 g/mol. The molecule has 0 aliphatic carbocycles. The Morgan fingerprint density at radius 1 is 1.33 bits per heavy atom. The lowest BCUT2D eigenvalue weighted by molar-refractivity contribution is 0.0206. The van der Waals surface area contributed by atoms with E-state index in [2.05, 4.69) is 5.32 Å². The molecule has 24 heavy (non-hydrogen) atoms. The molecule has 1 atom stereocenters. The maximum atomic E-state index is 12.3. The largest absolute Gasteiger partial charge is 0.444 e. The van der Waals surface area contributed by atoms with Gasteiger partial charge in [-0.25, -0.2) is 4.79 Å². The zero-order valence-corrected chi connectivity index (χ0v) is 15.0. The Morgan fingerprint density at radius 2 is 2.00 bits per heavy atom. The van der Waals surface area contributed by atoms with Crippen molar-refractivity contribution in [1.29, 1.82) is 0 Å². The average Bonchev–Trinajstić information content (AvgIpc) is 2.47. The number of anilines is 1. The second kappa shape index (κ2) is 8.05. The summed E-state index contributed by atoms with van der Waals surface area (Å²) in [6.45, 7) is 6.82. The molecular weight excluding hydrogens is 334 g/mol. The normalized spacial score (nSPS) is 18.6. The van der Waals surface area contributed by atoms with Gasteiger partial charge in [0, 0.05) is 29.7 Å². The van der Waals surface area contributed by atoms with Crippen molar-refractivity contribution < 1.29 is 18.3 Å². The zero-order valence-electron chi connectivity index (χ0n) is 14.2. The lowest BCUT2D eigenvalue weighted by atomic mass is 10.1. The molecule has 0 saturated carbocycles. The van der Waals surface area contributed by atoms with Gasteiger partial charge in [-0.3, -0.25) is 0 Å². The second-order valence-electron chi connectivity index (χ2n) is 6.81. The number of carbonyl (C=O) groups excluding carboxylic acids is 1. The van der Waals surface area contributed by atoms with E-state index in [1.165, 1.54) is 0 Å². The van der Waals surface area contributed by atoms with Crippen molar-refractivity contribution in [3.8, 4) is 0 Å². The summed E-state index contributed by atoms with van der Waals surface area (Å²) in [6, 6.07) is 7.05. The van der Waals surface area contributed by atoms with Gasteiger partial charge in [-0.2, -0.15) is 8.78 Å². The average molecular weight is 358 g/mol. The predicted octanol–water partition coefficient (Wildman–Crippen LogP) is 4.81. The zero-order chi connectivity index (χ0) is 17.7. The van der Waals surface area contributed by atoms with E-state index in [9.17, 15) is 13.6 Å². The summed E-state index contributed by atoms with van der Waals surface area (Å²) in [7, 11) is 0. The van der Waals surface area contributed by atoms with Gasteiger partial charge < -0.3 is 15.0 Å². The van der Waals surface area contributed by atoms with Crippen molar-refractivity contribution in [2.45, 2.75) is 55.9 Å². The highest BCUT2D eigenvalue weighted by molar-refractivity contribution is 7.99. The topological polar surface area (TPSA) is 41.6 Å². The van der Waals surface area contributed by atoms with Gasteiger partial charge in [0.05, 0.1) is 0 Å². The SMILES string of the molecule is CC(C)(C)OC(=O)N1CCCC(Nc2ccc(SC(F)F)cc2)C1. The quantitative estimate of drug-likeness (QED) is 0.784. The molecule has 1 N–H and O–H groups in total. The number of amides is 1. The van der Waals surface area contributed by atoms with Crippen LogP contribution in [0.3, 0.4) is 0 Å². The number of alkyl halides is 2. The van der Waals surface area contributed by atoms with Crippen LogP contribution in [0.4, 0.5) is 19.3 Å². The number of rotatable bonds is 4. The molecule has 1 fully saturated rings. The van der Waals surface area contributed by atoms with Crippen LogP contribution in [0.15, 0.2) is 29.2 Å². The van der Waals surface area contributed by atoms with Crippen molar-refractivity contribution in [2.24, 2.45) is 0 Å². The highest BCUT2D eigenvalue weighted by Crippen LogP contribution is 2.27. The molecule has 0 bridgehead atoms. The molecule has 134 valence electrons. The number of likely N-dealkylation sites (tertiary alicyclic amines) is 1. The first kappa shape index (κ1) is 18.8. The van der Waals surface area contributed by atoms with Gasteiger partial charge in [-0.1, -0.05) is 11.8 Å². The first-order chi connectivity index (χ1) is 11.2. The number of hydrogen-bond acceptors (Lipinski definition) is 4. The second-order valence-corrected chi connectivity index (χ2v) is 7.88. The van der Waals surface area contributed by atoms with Crippen LogP contribution in [0.5, 0.6) is 0 Å². The third kappa shape index (κ3) is 6.19. The van der Waals surface area contributed by atoms with Crippen LogP contribution in [-0.2, 0) is 4.74 Å². The van der Waals surface area contributed by atoms with Gasteiger partial charge in [0.1, 0.15) is 5.60 Å². The van der Waals surface area contributed by atoms with Crippen molar-refractivity contribution in [3.63, 3.8) is 0 Å². The minimum Gasteiger partial charge on any atom is -0.444 e. The highest BCUT2D eigenvalue weighted by Gasteiger charge is 2.27. The van der Waals surface area contributed by atoms with E-state index in [0.717, 1.165) is 18.5 Å². The van der Waals surface area contributed by atoms with Gasteiger partial charge in [-0.15, -0.1) is 0 Å². The molecule has 0 radical (unpaired) electrons. The van der Waals surface area contributed by atoms with Crippen molar-refractivity contribution in [2.75, 3.05) is 18.4 Å². The summed E-state index contributed by atoms with van der Waals surface area (Å²) in [4.78, 5) is 14.4. The summed E-state index contributed by atoms with van der Waals surface area (Å²) < 4.78 is 30.1. The Labute approximate surface area is 145 Å². The Hall–Kier alpha value is -1.50. The number of thioether (sulfide) groups is 1. The fourth-order valence-corrected chi connectivity index (χ4v) is 3.05. The molecule has 0 spiro atoms. The van der Waals surface area contributed by atoms with E-state index in [1.807, 2.05) is 20.8 Å². The Balaban J connectivity index is 1.89. The number of carbonyl (C=O) groups is 1. The van der Waals surface area contributed by atoms with Gasteiger partial charge in [0.15, 0.2) is 0 Å². The number of hydrogen-bond donors (Lipinski definition) is 1. The molecule has 1 unspecified atom stereocenters. The number of ether oxygens (including phenoxy) is 1. The maximum absolute atomic E-state index is 12.3. The molecule has 1 aromatic rings. The molecule has 7 heteroatoms. The van der Waals surface area contributed by atoms with Gasteiger partial charge in [0.2, 0.25) is 0 Å². The van der Waals surface area contributed by atoms with E-state index in [0.29, 0.717) is 29.7 Å². The van der Waals surface area contributed by atoms with Crippen LogP contribution in [0, 0.1) is 0 Å². The molecule has 0 aromatic heterocycles. The fraction of sp³-hybridized carbons (Fsp3) is 0.588. The van der Waals surface area contributed by atoms with Crippen LogP contribution in [-0.4, -0.2) is 41.5 Å². The molecule has 1 aliphatic heterocycles. The highest BCUT2D eigenvalue weighted by atomic mass is 32.2. The number of nitrogens with one attached hydrogen (secondary N) is 1. The number of piperidine rings is 1. The molecule has 2 rings (SSSR count). The van der Waals surface area contributed by atoms with Crippen molar-refractivity contribution in [1.82, 2.24) is 4.90 Å². The van der Waals surface area contributed by atoms with Crippen molar-refractivity contribution in [3.05, 3.63) is 24.3 Å². The van der Waals surface area contributed by atoms with Gasteiger partial charge in [-0.05, 0) is 57.9 Å². The molecule has 1 aromatic carbocycles. The van der Waals surface area contributed by atoms with Crippen LogP contribution in [0.1, 0.15) is 33.6 Å². The number of nitrogens with zero attached hydrogens (tertiary/aromatic N) is 1. The van der Waals surface area contributed by atoms with E-state index in [-0.39, 0.29) is 12.1 Å². The molecule has 4 nitrogen and oxygen atoms in total. The summed E-state index contributed by atoms with van der Waals surface area (Å²) in [6.07, 6.45) is 1.56. The van der Waals surface area contributed by atoms with Crippen LogP contribution in [0.2, 0.25) is 0 Å². The van der Waals surface area contributed by atoms with Crippen LogP contribution < -0.4 is 5.32 Å². The summed E-state index contributed by atoms with van der Waals surface area (Å²) in [5.74, 6) is -2.41. The minimum absolute atomic E-state index is 0.125. The number of benzene rings is 1. The van der Waals surface area contributed by atoms with Crippen molar-refractivity contribution >= 4 is 23.5 Å². The molecular formula is C17H24F2N2O2S. The Morgan fingerprint density at radius 3 is 2.58 bits per heavy atom. The van der Waals surface area contributed by atoms with Gasteiger partial charge in [0.25, 0.3) is 5.76 Å². The van der Waals surface area contributed by atoms with E-state index >= 15 is 0 Å². The lowest BCUT2D eigenvalue weighted by Crippen LogP contribution is -2.46. The van der Waals surface area contributed by atoms with E-state index in [4.69, 9.17) is 4.74 Å². The molecule has 1 aliphatic rings. The number of halogens is 2. The summed E-state index contributed by atoms with van der Waals surface area (Å²) in [5.41, 5.74) is 0.361. The minimum atomic E-state index is -2.41. The van der Waals surface area contributed by atoms with Crippen LogP contribution >= 0.6 is 11.8 Å². The van der Waals surface area contributed by atoms with Gasteiger partial charge >= 0.3 is 6.09 Å². The maximum Gasteiger partial charge on any atom is 0.410 e. The molecule has 1 heterocycles.